The third kappa shape index (κ3) is 4.78. The van der Waals surface area contributed by atoms with Gasteiger partial charge in [0.2, 0.25) is 0 Å². The second kappa shape index (κ2) is 4.50. The lowest BCUT2D eigenvalue weighted by Crippen LogP contribution is -2.07. The van der Waals surface area contributed by atoms with E-state index in [2.05, 4.69) is 4.74 Å². The average molecular weight is 141 g/mol. The van der Waals surface area contributed by atoms with E-state index < -0.39 is 11.9 Å². The number of esters is 2. The monoisotopic (exact) mass is 141 g/mol. The Kier molecular flexibility index (Phi) is 3.89. The zero-order chi connectivity index (χ0) is 7.98. The molecule has 0 radical (unpaired) electrons. The molecule has 0 bridgehead atoms. The number of rotatable bonds is 2. The highest BCUT2D eigenvalue weighted by Crippen LogP contribution is 1.90. The Hall–Kier alpha value is -1.37. The predicted octanol–water partition coefficient (Wildman–Crippen LogP) is 0.380. The number of hydrogen-bond acceptors (Lipinski definition) is 4. The van der Waals surface area contributed by atoms with Crippen molar-refractivity contribution in [3.8, 4) is 6.07 Å². The van der Waals surface area contributed by atoms with Crippen molar-refractivity contribution in [2.75, 3.05) is 0 Å². The third-order valence-corrected chi connectivity index (χ3v) is 0.698. The fourth-order valence-corrected chi connectivity index (χ4v) is 0.369. The van der Waals surface area contributed by atoms with E-state index in [1.165, 1.54) is 0 Å². The van der Waals surface area contributed by atoms with Crippen molar-refractivity contribution >= 4 is 11.9 Å². The first-order valence-corrected chi connectivity index (χ1v) is 2.75. The lowest BCUT2D eigenvalue weighted by molar-refractivity contribution is -0.157. The van der Waals surface area contributed by atoms with Crippen molar-refractivity contribution in [2.24, 2.45) is 0 Å². The molecule has 0 aliphatic heterocycles. The number of carbonyl (C=O) groups is 2. The molecular formula is C6H7NO3. The minimum absolute atomic E-state index is 0.0178. The van der Waals surface area contributed by atoms with Crippen molar-refractivity contribution in [1.82, 2.24) is 0 Å². The van der Waals surface area contributed by atoms with Crippen molar-refractivity contribution in [3.63, 3.8) is 0 Å². The molecule has 0 unspecified atom stereocenters. The van der Waals surface area contributed by atoms with E-state index in [1.807, 2.05) is 0 Å². The number of nitrogens with zero attached hydrogens (tertiary/aromatic N) is 1. The molecular weight excluding hydrogens is 134 g/mol. The van der Waals surface area contributed by atoms with Gasteiger partial charge in [0.1, 0.15) is 0 Å². The highest BCUT2D eigenvalue weighted by Gasteiger charge is 2.03. The molecule has 4 heteroatoms. The molecule has 0 aromatic rings. The highest BCUT2D eigenvalue weighted by molar-refractivity contribution is 5.84. The van der Waals surface area contributed by atoms with E-state index >= 15 is 0 Å². The first kappa shape index (κ1) is 8.63. The van der Waals surface area contributed by atoms with Gasteiger partial charge in [-0.05, 0) is 0 Å². The largest absolute Gasteiger partial charge is 0.393 e. The number of nitriles is 1. The molecule has 0 amide bonds. The van der Waals surface area contributed by atoms with Crippen LogP contribution < -0.4 is 0 Å². The molecule has 4 nitrogen and oxygen atoms in total. The topological polar surface area (TPSA) is 67.2 Å². The molecule has 0 spiro atoms. The summed E-state index contributed by atoms with van der Waals surface area (Å²) in [6.07, 6.45) is 0.0716. The molecule has 0 aliphatic rings. The maximum absolute atomic E-state index is 10.4. The van der Waals surface area contributed by atoms with Gasteiger partial charge >= 0.3 is 11.9 Å². The first-order chi connectivity index (χ1) is 4.66. The first-order valence-electron chi connectivity index (χ1n) is 2.75. The van der Waals surface area contributed by atoms with Gasteiger partial charge in [-0.3, -0.25) is 9.59 Å². The van der Waals surface area contributed by atoms with Crippen molar-refractivity contribution in [1.29, 1.82) is 5.26 Å². The SMILES string of the molecule is CC(=O)OC(=O)CCC#N. The van der Waals surface area contributed by atoms with E-state index in [1.54, 1.807) is 6.07 Å². The Balaban J connectivity index is 3.47. The number of ether oxygens (including phenoxy) is 1. The highest BCUT2D eigenvalue weighted by atomic mass is 16.6. The van der Waals surface area contributed by atoms with Gasteiger partial charge in [0.05, 0.1) is 12.5 Å². The van der Waals surface area contributed by atoms with Crippen LogP contribution in [0.3, 0.4) is 0 Å². The molecule has 54 valence electrons. The fraction of sp³-hybridized carbons (Fsp3) is 0.500. The van der Waals surface area contributed by atoms with E-state index in [4.69, 9.17) is 5.26 Å². The molecule has 10 heavy (non-hydrogen) atoms. The lowest BCUT2D eigenvalue weighted by atomic mass is 10.3. The van der Waals surface area contributed by atoms with E-state index in [0.717, 1.165) is 6.92 Å². The Labute approximate surface area is 58.4 Å². The molecule has 0 aromatic heterocycles. The van der Waals surface area contributed by atoms with Crippen LogP contribution >= 0.6 is 0 Å². The van der Waals surface area contributed by atoms with E-state index in [9.17, 15) is 9.59 Å². The molecule has 0 saturated carbocycles. The molecule has 0 fully saturated rings. The summed E-state index contributed by atoms with van der Waals surface area (Å²) in [5, 5.41) is 8.01. The second-order valence-corrected chi connectivity index (χ2v) is 1.62. The Morgan fingerprint density at radius 2 is 2.20 bits per heavy atom. The summed E-state index contributed by atoms with van der Waals surface area (Å²) in [6, 6.07) is 1.76. The van der Waals surface area contributed by atoms with Crippen LogP contribution in [0.15, 0.2) is 0 Å². The quantitative estimate of drug-likeness (QED) is 0.411. The zero-order valence-electron chi connectivity index (χ0n) is 5.59. The number of hydrogen-bond donors (Lipinski definition) is 0. The predicted molar refractivity (Wildman–Crippen MR) is 31.6 cm³/mol. The lowest BCUT2D eigenvalue weighted by Gasteiger charge is -1.93. The molecule has 0 N–H and O–H groups in total. The van der Waals surface area contributed by atoms with Gasteiger partial charge in [-0.1, -0.05) is 0 Å². The summed E-state index contributed by atoms with van der Waals surface area (Å²) in [4.78, 5) is 20.5. The standard InChI is InChI=1S/C6H7NO3/c1-5(8)10-6(9)3-2-4-7/h2-3H2,1H3. The van der Waals surface area contributed by atoms with Crippen LogP contribution in [0.2, 0.25) is 0 Å². The van der Waals surface area contributed by atoms with Crippen LogP contribution in [0.25, 0.3) is 0 Å². The van der Waals surface area contributed by atoms with Crippen molar-refractivity contribution in [3.05, 3.63) is 0 Å². The van der Waals surface area contributed by atoms with Gasteiger partial charge in [0.15, 0.2) is 0 Å². The molecule has 0 aliphatic carbocycles. The van der Waals surface area contributed by atoms with Gasteiger partial charge in [-0.15, -0.1) is 0 Å². The van der Waals surface area contributed by atoms with Crippen molar-refractivity contribution < 1.29 is 14.3 Å². The van der Waals surface area contributed by atoms with E-state index in [-0.39, 0.29) is 12.8 Å². The summed E-state index contributed by atoms with van der Waals surface area (Å²) in [6.45, 7) is 1.14. The summed E-state index contributed by atoms with van der Waals surface area (Å²) in [5.41, 5.74) is 0. The summed E-state index contributed by atoms with van der Waals surface area (Å²) in [7, 11) is 0. The minimum atomic E-state index is -0.644. The number of carbonyl (C=O) groups excluding carboxylic acids is 2. The molecule has 0 rings (SSSR count). The van der Waals surface area contributed by atoms with Crippen LogP contribution in [0.5, 0.6) is 0 Å². The molecule has 0 saturated heterocycles. The van der Waals surface area contributed by atoms with Crippen LogP contribution in [-0.2, 0) is 14.3 Å². The van der Waals surface area contributed by atoms with Crippen LogP contribution in [-0.4, -0.2) is 11.9 Å². The van der Waals surface area contributed by atoms with Gasteiger partial charge in [0.25, 0.3) is 0 Å². The van der Waals surface area contributed by atoms with Crippen LogP contribution in [0.1, 0.15) is 19.8 Å². The Morgan fingerprint density at radius 1 is 1.60 bits per heavy atom. The van der Waals surface area contributed by atoms with E-state index in [0.29, 0.717) is 0 Å². The van der Waals surface area contributed by atoms with Gasteiger partial charge in [-0.25, -0.2) is 0 Å². The van der Waals surface area contributed by atoms with Crippen LogP contribution in [0.4, 0.5) is 0 Å². The average Bonchev–Trinajstić information content (AvgIpc) is 1.82. The van der Waals surface area contributed by atoms with Crippen molar-refractivity contribution in [2.45, 2.75) is 19.8 Å². The zero-order valence-corrected chi connectivity index (χ0v) is 5.59. The molecule has 0 aromatic carbocycles. The summed E-state index contributed by atoms with van der Waals surface area (Å²) in [5.74, 6) is -1.28. The van der Waals surface area contributed by atoms with Crippen LogP contribution in [0, 0.1) is 11.3 Å². The Bertz CT molecular complexity index is 180. The molecule has 0 atom stereocenters. The minimum Gasteiger partial charge on any atom is -0.393 e. The van der Waals surface area contributed by atoms with Gasteiger partial charge < -0.3 is 4.74 Å². The summed E-state index contributed by atoms with van der Waals surface area (Å²) < 4.78 is 4.12. The van der Waals surface area contributed by atoms with Gasteiger partial charge in [-0.2, -0.15) is 5.26 Å². The maximum Gasteiger partial charge on any atom is 0.314 e. The Morgan fingerprint density at radius 3 is 2.60 bits per heavy atom. The third-order valence-electron chi connectivity index (χ3n) is 0.698. The smallest absolute Gasteiger partial charge is 0.314 e. The second-order valence-electron chi connectivity index (χ2n) is 1.62. The fourth-order valence-electron chi connectivity index (χ4n) is 0.369. The normalized spacial score (nSPS) is 8.00. The molecule has 0 heterocycles. The maximum atomic E-state index is 10.4. The van der Waals surface area contributed by atoms with Gasteiger partial charge in [0, 0.05) is 13.3 Å². The summed E-state index contributed by atoms with van der Waals surface area (Å²) >= 11 is 0.